The maximum atomic E-state index is 5.67. The second kappa shape index (κ2) is 5.32. The van der Waals surface area contributed by atoms with Gasteiger partial charge < -0.3 is 15.0 Å². The van der Waals surface area contributed by atoms with Crippen molar-refractivity contribution in [1.29, 1.82) is 0 Å². The fourth-order valence-electron chi connectivity index (χ4n) is 2.15. The number of rotatable bonds is 5. The highest BCUT2D eigenvalue weighted by Gasteiger charge is 2.24. The first-order valence-corrected chi connectivity index (χ1v) is 5.86. The van der Waals surface area contributed by atoms with Gasteiger partial charge in [0.15, 0.2) is 0 Å². The molecule has 1 aliphatic heterocycles. The van der Waals surface area contributed by atoms with E-state index in [0.717, 1.165) is 32.0 Å². The van der Waals surface area contributed by atoms with Gasteiger partial charge in [0.2, 0.25) is 0 Å². The van der Waals surface area contributed by atoms with Gasteiger partial charge in [0.1, 0.15) is 5.75 Å². The highest BCUT2D eigenvalue weighted by molar-refractivity contribution is 5.39. The van der Waals surface area contributed by atoms with Crippen molar-refractivity contribution < 1.29 is 4.74 Å². The molecule has 3 nitrogen and oxygen atoms in total. The fraction of sp³-hybridized carbons (Fsp3) is 0.538. The number of fused-ring (bicyclic) bond motifs is 1. The van der Waals surface area contributed by atoms with Gasteiger partial charge in [0, 0.05) is 31.1 Å². The smallest absolute Gasteiger partial charge is 0.122 e. The average Bonchev–Trinajstić information content (AvgIpc) is 2.70. The molecule has 2 rings (SSSR count). The lowest BCUT2D eigenvalue weighted by Gasteiger charge is -2.20. The molecule has 1 aromatic carbocycles. The molecule has 1 unspecified atom stereocenters. The second-order valence-electron chi connectivity index (χ2n) is 4.41. The van der Waals surface area contributed by atoms with E-state index in [2.05, 4.69) is 35.5 Å². The number of para-hydroxylation sites is 1. The van der Waals surface area contributed by atoms with E-state index in [1.54, 1.807) is 0 Å². The lowest BCUT2D eigenvalue weighted by Crippen LogP contribution is -2.31. The highest BCUT2D eigenvalue weighted by atomic mass is 16.5. The van der Waals surface area contributed by atoms with E-state index in [1.165, 1.54) is 5.56 Å². The van der Waals surface area contributed by atoms with E-state index < -0.39 is 0 Å². The Bertz CT molecular complexity index is 340. The SMILES string of the molecule is CNCCN(C)CC1COc2ccccc21. The minimum atomic E-state index is 0.526. The first-order chi connectivity index (χ1) is 7.81. The molecule has 0 radical (unpaired) electrons. The van der Waals surface area contributed by atoms with Crippen LogP contribution in [0.25, 0.3) is 0 Å². The van der Waals surface area contributed by atoms with Gasteiger partial charge in [-0.15, -0.1) is 0 Å². The standard InChI is InChI=1S/C13H20N2O/c1-14-7-8-15(2)9-11-10-16-13-6-4-3-5-12(11)13/h3-6,11,14H,7-10H2,1-2H3. The largest absolute Gasteiger partial charge is 0.493 e. The summed E-state index contributed by atoms with van der Waals surface area (Å²) in [7, 11) is 4.15. The number of nitrogens with one attached hydrogen (secondary N) is 1. The number of benzene rings is 1. The molecule has 0 saturated carbocycles. The van der Waals surface area contributed by atoms with E-state index >= 15 is 0 Å². The Kier molecular flexibility index (Phi) is 3.80. The van der Waals surface area contributed by atoms with Gasteiger partial charge in [-0.2, -0.15) is 0 Å². The van der Waals surface area contributed by atoms with Crippen LogP contribution in [0.15, 0.2) is 24.3 Å². The average molecular weight is 220 g/mol. The summed E-state index contributed by atoms with van der Waals surface area (Å²) in [5.41, 5.74) is 1.36. The van der Waals surface area contributed by atoms with Crippen molar-refractivity contribution in [3.63, 3.8) is 0 Å². The second-order valence-corrected chi connectivity index (χ2v) is 4.41. The molecule has 0 saturated heterocycles. The molecule has 1 aliphatic rings. The molecule has 0 fully saturated rings. The van der Waals surface area contributed by atoms with Crippen LogP contribution in [0.2, 0.25) is 0 Å². The van der Waals surface area contributed by atoms with Crippen LogP contribution in [-0.2, 0) is 0 Å². The third kappa shape index (κ3) is 2.54. The summed E-state index contributed by atoms with van der Waals surface area (Å²) >= 11 is 0. The van der Waals surface area contributed by atoms with Crippen molar-refractivity contribution in [2.75, 3.05) is 40.3 Å². The lowest BCUT2D eigenvalue weighted by atomic mass is 10.0. The molecule has 88 valence electrons. The van der Waals surface area contributed by atoms with Crippen LogP contribution in [0.5, 0.6) is 5.75 Å². The number of ether oxygens (including phenoxy) is 1. The van der Waals surface area contributed by atoms with Gasteiger partial charge in [0.25, 0.3) is 0 Å². The lowest BCUT2D eigenvalue weighted by molar-refractivity contribution is 0.267. The quantitative estimate of drug-likeness (QED) is 0.810. The molecule has 1 heterocycles. The Hall–Kier alpha value is -1.06. The third-order valence-corrected chi connectivity index (χ3v) is 3.07. The molecular weight excluding hydrogens is 200 g/mol. The van der Waals surface area contributed by atoms with Crippen LogP contribution in [-0.4, -0.2) is 45.2 Å². The van der Waals surface area contributed by atoms with Crippen molar-refractivity contribution in [2.45, 2.75) is 5.92 Å². The van der Waals surface area contributed by atoms with Gasteiger partial charge in [-0.1, -0.05) is 18.2 Å². The first-order valence-electron chi connectivity index (χ1n) is 5.86. The van der Waals surface area contributed by atoms with Crippen molar-refractivity contribution >= 4 is 0 Å². The number of hydrogen-bond donors (Lipinski definition) is 1. The number of nitrogens with zero attached hydrogens (tertiary/aromatic N) is 1. The Morgan fingerprint density at radius 3 is 3.06 bits per heavy atom. The zero-order valence-corrected chi connectivity index (χ0v) is 10.1. The minimum absolute atomic E-state index is 0.526. The van der Waals surface area contributed by atoms with Gasteiger partial charge in [-0.3, -0.25) is 0 Å². The molecule has 0 amide bonds. The zero-order valence-electron chi connectivity index (χ0n) is 10.1. The number of likely N-dealkylation sites (N-methyl/N-ethyl adjacent to an activating group) is 2. The highest BCUT2D eigenvalue weighted by Crippen LogP contribution is 2.33. The summed E-state index contributed by atoms with van der Waals surface area (Å²) in [4.78, 5) is 2.35. The summed E-state index contributed by atoms with van der Waals surface area (Å²) in [6.07, 6.45) is 0. The molecule has 0 bridgehead atoms. The molecule has 1 aromatic rings. The van der Waals surface area contributed by atoms with Crippen molar-refractivity contribution in [2.24, 2.45) is 0 Å². The Morgan fingerprint density at radius 2 is 2.25 bits per heavy atom. The Balaban J connectivity index is 1.92. The van der Waals surface area contributed by atoms with E-state index in [0.29, 0.717) is 5.92 Å². The fourth-order valence-corrected chi connectivity index (χ4v) is 2.15. The molecule has 0 spiro atoms. The topological polar surface area (TPSA) is 24.5 Å². The van der Waals surface area contributed by atoms with Crippen LogP contribution >= 0.6 is 0 Å². The summed E-state index contributed by atoms with van der Waals surface area (Å²) in [6.45, 7) is 4.00. The summed E-state index contributed by atoms with van der Waals surface area (Å²) < 4.78 is 5.67. The monoisotopic (exact) mass is 220 g/mol. The normalized spacial score (nSPS) is 18.6. The van der Waals surface area contributed by atoms with E-state index in [1.807, 2.05) is 13.1 Å². The predicted molar refractivity (Wildman–Crippen MR) is 66.1 cm³/mol. The zero-order chi connectivity index (χ0) is 11.4. The van der Waals surface area contributed by atoms with Crippen molar-refractivity contribution in [3.8, 4) is 5.75 Å². The predicted octanol–water partition coefficient (Wildman–Crippen LogP) is 1.31. The molecule has 0 aromatic heterocycles. The summed E-state index contributed by atoms with van der Waals surface area (Å²) in [5, 5.41) is 3.17. The van der Waals surface area contributed by atoms with Crippen LogP contribution in [0.1, 0.15) is 11.5 Å². The van der Waals surface area contributed by atoms with Gasteiger partial charge in [-0.25, -0.2) is 0 Å². The van der Waals surface area contributed by atoms with E-state index in [9.17, 15) is 0 Å². The number of hydrogen-bond acceptors (Lipinski definition) is 3. The van der Waals surface area contributed by atoms with Crippen molar-refractivity contribution in [3.05, 3.63) is 29.8 Å². The molecule has 3 heteroatoms. The van der Waals surface area contributed by atoms with Crippen LogP contribution in [0.4, 0.5) is 0 Å². The third-order valence-electron chi connectivity index (χ3n) is 3.07. The maximum Gasteiger partial charge on any atom is 0.122 e. The van der Waals surface area contributed by atoms with E-state index in [-0.39, 0.29) is 0 Å². The summed E-state index contributed by atoms with van der Waals surface area (Å²) in [6, 6.07) is 8.36. The van der Waals surface area contributed by atoms with Crippen LogP contribution in [0, 0.1) is 0 Å². The molecule has 16 heavy (non-hydrogen) atoms. The Morgan fingerprint density at radius 1 is 1.44 bits per heavy atom. The molecule has 0 aliphatic carbocycles. The van der Waals surface area contributed by atoms with Crippen LogP contribution < -0.4 is 10.1 Å². The Labute approximate surface area is 97.4 Å². The molecular formula is C13H20N2O. The molecule has 1 atom stereocenters. The first kappa shape index (κ1) is 11.4. The van der Waals surface area contributed by atoms with E-state index in [4.69, 9.17) is 4.74 Å². The molecule has 1 N–H and O–H groups in total. The van der Waals surface area contributed by atoms with Gasteiger partial charge >= 0.3 is 0 Å². The van der Waals surface area contributed by atoms with Gasteiger partial charge in [-0.05, 0) is 20.2 Å². The van der Waals surface area contributed by atoms with Crippen molar-refractivity contribution in [1.82, 2.24) is 10.2 Å². The maximum absolute atomic E-state index is 5.67. The minimum Gasteiger partial charge on any atom is -0.493 e. The van der Waals surface area contributed by atoms with Gasteiger partial charge in [0.05, 0.1) is 6.61 Å². The summed E-state index contributed by atoms with van der Waals surface area (Å²) in [5.74, 6) is 1.59. The van der Waals surface area contributed by atoms with Crippen LogP contribution in [0.3, 0.4) is 0 Å².